The Balaban J connectivity index is 1.73. The molecule has 8 heteroatoms. The molecule has 0 atom stereocenters. The smallest absolute Gasteiger partial charge is 0.337 e. The average molecular weight is 430 g/mol. The molecule has 0 unspecified atom stereocenters. The molecule has 0 bridgehead atoms. The molecular weight excluding hydrogens is 417 g/mol. The first-order chi connectivity index (χ1) is 13.8. The fourth-order valence-electron chi connectivity index (χ4n) is 3.04. The van der Waals surface area contributed by atoms with Crippen LogP contribution >= 0.6 is 22.9 Å². The molecule has 0 spiro atoms. The summed E-state index contributed by atoms with van der Waals surface area (Å²) in [6.07, 6.45) is -0.215. The molecule has 0 fully saturated rings. The maximum atomic E-state index is 14.4. The molecule has 0 radical (unpaired) electrons. The minimum absolute atomic E-state index is 0.0917. The number of aromatic carboxylic acids is 1. The maximum absolute atomic E-state index is 14.4. The number of para-hydroxylation sites is 2. The van der Waals surface area contributed by atoms with Crippen LogP contribution in [0.1, 0.15) is 31.5 Å². The van der Waals surface area contributed by atoms with Gasteiger partial charge in [-0.05, 0) is 42.1 Å². The van der Waals surface area contributed by atoms with Crippen molar-refractivity contribution in [1.29, 1.82) is 0 Å². The Morgan fingerprint density at radius 3 is 2.72 bits per heavy atom. The lowest BCUT2D eigenvalue weighted by Crippen LogP contribution is -2.08. The number of carboxylic acid groups (broad SMARTS) is 1. The van der Waals surface area contributed by atoms with E-state index in [1.54, 1.807) is 31.2 Å². The van der Waals surface area contributed by atoms with Gasteiger partial charge in [0.15, 0.2) is 5.58 Å². The lowest BCUT2D eigenvalue weighted by Gasteiger charge is -2.07. The normalized spacial score (nSPS) is 11.1. The number of nitrogens with zero attached hydrogens (tertiary/aromatic N) is 1. The van der Waals surface area contributed by atoms with Crippen LogP contribution in [0.2, 0.25) is 5.02 Å². The Morgan fingerprint density at radius 1 is 1.24 bits per heavy atom. The molecule has 0 aliphatic heterocycles. The van der Waals surface area contributed by atoms with Crippen LogP contribution in [0.25, 0.3) is 22.2 Å². The summed E-state index contributed by atoms with van der Waals surface area (Å²) in [4.78, 5) is 29.0. The van der Waals surface area contributed by atoms with Crippen molar-refractivity contribution in [2.75, 3.05) is 0 Å². The summed E-state index contributed by atoms with van der Waals surface area (Å²) in [6, 6.07) is 9.59. The highest BCUT2D eigenvalue weighted by Gasteiger charge is 2.25. The van der Waals surface area contributed by atoms with Crippen LogP contribution in [0, 0.1) is 12.7 Å². The van der Waals surface area contributed by atoms with Crippen molar-refractivity contribution in [3.63, 3.8) is 0 Å². The second-order valence-corrected chi connectivity index (χ2v) is 7.79. The second-order valence-electron chi connectivity index (χ2n) is 6.42. The zero-order valence-corrected chi connectivity index (χ0v) is 16.6. The van der Waals surface area contributed by atoms with Crippen LogP contribution in [0.15, 0.2) is 46.2 Å². The van der Waals surface area contributed by atoms with Crippen molar-refractivity contribution < 1.29 is 23.5 Å². The number of oxazole rings is 1. The van der Waals surface area contributed by atoms with Gasteiger partial charge in [0.2, 0.25) is 5.78 Å². The van der Waals surface area contributed by atoms with E-state index in [1.165, 1.54) is 11.4 Å². The number of hydrogen-bond donors (Lipinski definition) is 1. The molecule has 2 heterocycles. The summed E-state index contributed by atoms with van der Waals surface area (Å²) in [5.74, 6) is -2.41. The highest BCUT2D eigenvalue weighted by molar-refractivity contribution is 7.11. The molecule has 29 heavy (non-hydrogen) atoms. The van der Waals surface area contributed by atoms with E-state index in [0.29, 0.717) is 21.5 Å². The molecule has 146 valence electrons. The number of Topliss-reactive ketones (excluding diaryl/α,β-unsaturated/α-hetero) is 1. The SMILES string of the molecule is Cc1cc(-c2csc(CC(=O)c3nc4ccccc4o3)c2C(=O)O)c(F)cc1Cl. The minimum Gasteiger partial charge on any atom is -0.478 e. The number of carbonyl (C=O) groups is 2. The predicted octanol–water partition coefficient (Wildman–Crippen LogP) is 5.78. The Morgan fingerprint density at radius 2 is 2.00 bits per heavy atom. The van der Waals surface area contributed by atoms with Gasteiger partial charge < -0.3 is 9.52 Å². The van der Waals surface area contributed by atoms with Gasteiger partial charge in [0.25, 0.3) is 5.89 Å². The highest BCUT2D eigenvalue weighted by atomic mass is 35.5. The Labute approximate surface area is 173 Å². The number of thiophene rings is 1. The van der Waals surface area contributed by atoms with Gasteiger partial charge in [-0.25, -0.2) is 14.2 Å². The van der Waals surface area contributed by atoms with Crippen LogP contribution in [0.4, 0.5) is 4.39 Å². The molecule has 4 rings (SSSR count). The van der Waals surface area contributed by atoms with E-state index < -0.39 is 17.6 Å². The van der Waals surface area contributed by atoms with Crippen molar-refractivity contribution in [2.24, 2.45) is 0 Å². The second kappa shape index (κ2) is 7.42. The largest absolute Gasteiger partial charge is 0.478 e. The fraction of sp³-hybridized carbons (Fsp3) is 0.0952. The first-order valence-electron chi connectivity index (χ1n) is 8.53. The fourth-order valence-corrected chi connectivity index (χ4v) is 4.22. The third-order valence-corrected chi connectivity index (χ3v) is 5.87. The zero-order chi connectivity index (χ0) is 20.7. The van der Waals surface area contributed by atoms with Gasteiger partial charge >= 0.3 is 5.97 Å². The van der Waals surface area contributed by atoms with Crippen molar-refractivity contribution in [3.8, 4) is 11.1 Å². The van der Waals surface area contributed by atoms with Crippen molar-refractivity contribution in [3.05, 3.63) is 74.5 Å². The molecule has 0 saturated heterocycles. The van der Waals surface area contributed by atoms with E-state index in [9.17, 15) is 19.1 Å². The van der Waals surface area contributed by atoms with Crippen LogP contribution in [-0.2, 0) is 6.42 Å². The molecule has 1 N–H and O–H groups in total. The van der Waals surface area contributed by atoms with Crippen molar-refractivity contribution in [2.45, 2.75) is 13.3 Å². The minimum atomic E-state index is -1.24. The summed E-state index contributed by atoms with van der Waals surface area (Å²) in [7, 11) is 0. The first-order valence-corrected chi connectivity index (χ1v) is 9.79. The number of aromatic nitrogens is 1. The zero-order valence-electron chi connectivity index (χ0n) is 15.0. The van der Waals surface area contributed by atoms with E-state index in [4.69, 9.17) is 16.0 Å². The van der Waals surface area contributed by atoms with Gasteiger partial charge in [-0.15, -0.1) is 11.3 Å². The van der Waals surface area contributed by atoms with Gasteiger partial charge in [0.1, 0.15) is 11.3 Å². The van der Waals surface area contributed by atoms with Gasteiger partial charge in [-0.2, -0.15) is 0 Å². The molecule has 2 aromatic carbocycles. The van der Waals surface area contributed by atoms with Crippen LogP contribution in [-0.4, -0.2) is 21.8 Å². The van der Waals surface area contributed by atoms with E-state index >= 15 is 0 Å². The monoisotopic (exact) mass is 429 g/mol. The number of benzene rings is 2. The third-order valence-electron chi connectivity index (χ3n) is 4.47. The summed E-state index contributed by atoms with van der Waals surface area (Å²) in [5, 5.41) is 11.5. The molecule has 4 aromatic rings. The highest BCUT2D eigenvalue weighted by Crippen LogP contribution is 2.36. The van der Waals surface area contributed by atoms with Crippen molar-refractivity contribution in [1.82, 2.24) is 4.98 Å². The molecule has 2 aromatic heterocycles. The molecule has 5 nitrogen and oxygen atoms in total. The molecule has 0 aliphatic rings. The van der Waals surface area contributed by atoms with Crippen molar-refractivity contribution >= 4 is 45.8 Å². The summed E-state index contributed by atoms with van der Waals surface area (Å²) in [6.45, 7) is 1.70. The number of carboxylic acids is 1. The molecular formula is C21H13ClFNO4S. The standard InChI is InChI=1S/C21H13ClFNO4S/c1-10-6-11(14(23)7-13(10)22)12-9-29-18(19(12)21(26)27)8-16(25)20-24-15-4-2-3-5-17(15)28-20/h2-7,9H,8H2,1H3,(H,26,27). The van der Waals surface area contributed by atoms with Crippen LogP contribution in [0.3, 0.4) is 0 Å². The van der Waals surface area contributed by atoms with Gasteiger partial charge in [-0.1, -0.05) is 23.7 Å². The van der Waals surface area contributed by atoms with E-state index in [-0.39, 0.29) is 34.0 Å². The number of ketones is 1. The molecule has 0 saturated carbocycles. The van der Waals surface area contributed by atoms with Gasteiger partial charge in [0.05, 0.1) is 12.0 Å². The lowest BCUT2D eigenvalue weighted by atomic mass is 9.99. The number of fused-ring (bicyclic) bond motifs is 1. The van der Waals surface area contributed by atoms with Gasteiger partial charge in [-0.3, -0.25) is 4.79 Å². The van der Waals surface area contributed by atoms with Crippen LogP contribution < -0.4 is 0 Å². The average Bonchev–Trinajstić information content (AvgIpc) is 3.28. The summed E-state index contributed by atoms with van der Waals surface area (Å²) >= 11 is 7.01. The summed E-state index contributed by atoms with van der Waals surface area (Å²) in [5.41, 5.74) is 1.86. The quantitative estimate of drug-likeness (QED) is 0.406. The lowest BCUT2D eigenvalue weighted by molar-refractivity contribution is 0.0697. The number of hydrogen-bond acceptors (Lipinski definition) is 5. The van der Waals surface area contributed by atoms with E-state index in [0.717, 1.165) is 17.4 Å². The first kappa shape index (κ1) is 19.3. The van der Waals surface area contributed by atoms with Crippen LogP contribution in [0.5, 0.6) is 0 Å². The summed E-state index contributed by atoms with van der Waals surface area (Å²) < 4.78 is 19.9. The third kappa shape index (κ3) is 3.54. The predicted molar refractivity (Wildman–Crippen MR) is 108 cm³/mol. The Kier molecular flexibility index (Phi) is 4.94. The number of aryl methyl sites for hydroxylation is 1. The number of halogens is 2. The van der Waals surface area contributed by atoms with Gasteiger partial charge in [0, 0.05) is 21.0 Å². The van der Waals surface area contributed by atoms with E-state index in [2.05, 4.69) is 4.98 Å². The number of rotatable bonds is 5. The molecule has 0 amide bonds. The number of carbonyl (C=O) groups excluding carboxylic acids is 1. The topological polar surface area (TPSA) is 80.4 Å². The van der Waals surface area contributed by atoms with E-state index in [1.807, 2.05) is 0 Å². The Hall–Kier alpha value is -3.03. The molecule has 0 aliphatic carbocycles. The Bertz CT molecular complexity index is 1240. The maximum Gasteiger partial charge on any atom is 0.337 e.